The van der Waals surface area contributed by atoms with Gasteiger partial charge in [0.05, 0.1) is 17.8 Å². The molecule has 92 valence electrons. The van der Waals surface area contributed by atoms with Crippen molar-refractivity contribution >= 4 is 5.91 Å². The first-order valence-corrected chi connectivity index (χ1v) is 5.69. The molecule has 0 spiro atoms. The molecule has 1 aliphatic heterocycles. The zero-order chi connectivity index (χ0) is 12.4. The van der Waals surface area contributed by atoms with Gasteiger partial charge in [-0.05, 0) is 19.9 Å². The third kappa shape index (κ3) is 2.74. The molecular weight excluding hydrogens is 220 g/mol. The molecule has 1 saturated heterocycles. The van der Waals surface area contributed by atoms with E-state index in [1.54, 1.807) is 11.0 Å². The van der Waals surface area contributed by atoms with E-state index in [4.69, 9.17) is 4.74 Å². The highest BCUT2D eigenvalue weighted by Crippen LogP contribution is 2.13. The molecule has 2 rings (SSSR count). The van der Waals surface area contributed by atoms with Crippen molar-refractivity contribution in [2.24, 2.45) is 0 Å². The second kappa shape index (κ2) is 4.71. The first-order valence-electron chi connectivity index (χ1n) is 5.69. The summed E-state index contributed by atoms with van der Waals surface area (Å²) in [7, 11) is 0. The van der Waals surface area contributed by atoms with Crippen LogP contribution in [0, 0.1) is 0 Å². The summed E-state index contributed by atoms with van der Waals surface area (Å²) in [5.74, 6) is -0.0664. The molecule has 1 aromatic heterocycles. The monoisotopic (exact) mass is 236 g/mol. The fourth-order valence-corrected chi connectivity index (χ4v) is 2.07. The van der Waals surface area contributed by atoms with Crippen molar-refractivity contribution < 1.29 is 9.53 Å². The van der Waals surface area contributed by atoms with Crippen molar-refractivity contribution in [3.63, 3.8) is 0 Å². The molecule has 17 heavy (non-hydrogen) atoms. The third-order valence-electron chi connectivity index (χ3n) is 2.74. The highest BCUT2D eigenvalue weighted by atomic mass is 16.5. The number of rotatable bonds is 1. The SMILES string of the molecule is CC1CN(C(=O)c2ccc(=O)[nH]c2)CC(C)O1. The molecule has 2 atom stereocenters. The van der Waals surface area contributed by atoms with E-state index in [1.165, 1.54) is 12.3 Å². The largest absolute Gasteiger partial charge is 0.372 e. The molecule has 0 saturated carbocycles. The third-order valence-corrected chi connectivity index (χ3v) is 2.74. The zero-order valence-electron chi connectivity index (χ0n) is 9.97. The van der Waals surface area contributed by atoms with Gasteiger partial charge in [0.1, 0.15) is 0 Å². The second-order valence-corrected chi connectivity index (χ2v) is 4.41. The van der Waals surface area contributed by atoms with Gasteiger partial charge in [0.2, 0.25) is 5.56 Å². The van der Waals surface area contributed by atoms with Crippen molar-refractivity contribution in [1.82, 2.24) is 9.88 Å². The number of aromatic nitrogens is 1. The zero-order valence-corrected chi connectivity index (χ0v) is 9.97. The topological polar surface area (TPSA) is 62.4 Å². The van der Waals surface area contributed by atoms with E-state index in [9.17, 15) is 9.59 Å². The van der Waals surface area contributed by atoms with Crippen LogP contribution in [0.3, 0.4) is 0 Å². The van der Waals surface area contributed by atoms with Crippen LogP contribution >= 0.6 is 0 Å². The molecule has 1 amide bonds. The fourth-order valence-electron chi connectivity index (χ4n) is 2.07. The number of pyridine rings is 1. The van der Waals surface area contributed by atoms with Crippen LogP contribution in [0.5, 0.6) is 0 Å². The number of morpholine rings is 1. The lowest BCUT2D eigenvalue weighted by atomic mass is 10.2. The molecule has 5 nitrogen and oxygen atoms in total. The summed E-state index contributed by atoms with van der Waals surface area (Å²) in [4.78, 5) is 27.3. The van der Waals surface area contributed by atoms with E-state index in [-0.39, 0.29) is 23.7 Å². The Morgan fingerprint density at radius 1 is 1.35 bits per heavy atom. The standard InChI is InChI=1S/C12H16N2O3/c1-8-6-14(7-9(2)17-8)12(16)10-3-4-11(15)13-5-10/h3-5,8-9H,6-7H2,1-2H3,(H,13,15). The smallest absolute Gasteiger partial charge is 0.255 e. The molecule has 2 unspecified atom stereocenters. The number of amides is 1. The summed E-state index contributed by atoms with van der Waals surface area (Å²) in [6.07, 6.45) is 1.55. The van der Waals surface area contributed by atoms with Crippen molar-refractivity contribution in [1.29, 1.82) is 0 Å². The van der Waals surface area contributed by atoms with Crippen molar-refractivity contribution in [3.05, 3.63) is 34.2 Å². The number of ether oxygens (including phenoxy) is 1. The van der Waals surface area contributed by atoms with Gasteiger partial charge in [-0.25, -0.2) is 0 Å². The minimum Gasteiger partial charge on any atom is -0.372 e. The predicted molar refractivity (Wildman–Crippen MR) is 63.0 cm³/mol. The minimum atomic E-state index is -0.203. The number of nitrogens with one attached hydrogen (secondary N) is 1. The summed E-state index contributed by atoms with van der Waals surface area (Å²) < 4.78 is 5.57. The number of nitrogens with zero attached hydrogens (tertiary/aromatic N) is 1. The van der Waals surface area contributed by atoms with E-state index in [2.05, 4.69) is 4.98 Å². The summed E-state index contributed by atoms with van der Waals surface area (Å²) in [5.41, 5.74) is 0.302. The first kappa shape index (κ1) is 11.9. The summed E-state index contributed by atoms with van der Waals surface area (Å²) in [6, 6.07) is 2.91. The van der Waals surface area contributed by atoms with Crippen LogP contribution in [0.15, 0.2) is 23.1 Å². The van der Waals surface area contributed by atoms with Gasteiger partial charge in [0.15, 0.2) is 0 Å². The number of hydrogen-bond acceptors (Lipinski definition) is 3. The highest BCUT2D eigenvalue weighted by molar-refractivity contribution is 5.93. The molecule has 1 fully saturated rings. The van der Waals surface area contributed by atoms with Crippen LogP contribution in [-0.2, 0) is 4.74 Å². The van der Waals surface area contributed by atoms with Crippen LogP contribution < -0.4 is 5.56 Å². The van der Waals surface area contributed by atoms with Gasteiger partial charge in [-0.15, -0.1) is 0 Å². The summed E-state index contributed by atoms with van der Waals surface area (Å²) in [6.45, 7) is 5.07. The Morgan fingerprint density at radius 3 is 2.53 bits per heavy atom. The highest BCUT2D eigenvalue weighted by Gasteiger charge is 2.26. The van der Waals surface area contributed by atoms with Gasteiger partial charge in [0.25, 0.3) is 5.91 Å². The molecule has 0 aliphatic carbocycles. The lowest BCUT2D eigenvalue weighted by Crippen LogP contribution is -2.48. The minimum absolute atomic E-state index is 0.0467. The molecule has 0 bridgehead atoms. The van der Waals surface area contributed by atoms with Gasteiger partial charge in [-0.2, -0.15) is 0 Å². The Bertz CT molecular complexity index is 439. The Labute approximate surface area is 99.4 Å². The van der Waals surface area contributed by atoms with Crippen molar-refractivity contribution in [2.45, 2.75) is 26.1 Å². The van der Waals surface area contributed by atoms with Gasteiger partial charge in [0, 0.05) is 25.4 Å². The van der Waals surface area contributed by atoms with E-state index in [1.807, 2.05) is 13.8 Å². The Balaban J connectivity index is 2.14. The first-order chi connectivity index (χ1) is 8.06. The van der Waals surface area contributed by atoms with Crippen LogP contribution in [0.25, 0.3) is 0 Å². The average Bonchev–Trinajstić information content (AvgIpc) is 2.28. The van der Waals surface area contributed by atoms with Crippen LogP contribution in [0.2, 0.25) is 0 Å². The average molecular weight is 236 g/mol. The molecule has 5 heteroatoms. The summed E-state index contributed by atoms with van der Waals surface area (Å²) >= 11 is 0. The maximum Gasteiger partial charge on any atom is 0.255 e. The van der Waals surface area contributed by atoms with Crippen LogP contribution in [0.1, 0.15) is 24.2 Å². The van der Waals surface area contributed by atoms with E-state index in [0.29, 0.717) is 18.7 Å². The second-order valence-electron chi connectivity index (χ2n) is 4.41. The van der Waals surface area contributed by atoms with E-state index < -0.39 is 0 Å². The van der Waals surface area contributed by atoms with Gasteiger partial charge < -0.3 is 14.6 Å². The number of hydrogen-bond donors (Lipinski definition) is 1. The molecule has 1 aromatic rings. The number of carbonyl (C=O) groups is 1. The lowest BCUT2D eigenvalue weighted by Gasteiger charge is -2.35. The van der Waals surface area contributed by atoms with Crippen LogP contribution in [0.4, 0.5) is 0 Å². The fraction of sp³-hybridized carbons (Fsp3) is 0.500. The summed E-state index contributed by atoms with van der Waals surface area (Å²) in [5, 5.41) is 0. The van der Waals surface area contributed by atoms with E-state index >= 15 is 0 Å². The number of aromatic amines is 1. The maximum atomic E-state index is 12.2. The quantitative estimate of drug-likeness (QED) is 0.777. The Kier molecular flexibility index (Phi) is 3.28. The van der Waals surface area contributed by atoms with Crippen LogP contribution in [-0.4, -0.2) is 41.1 Å². The molecule has 2 heterocycles. The Morgan fingerprint density at radius 2 is 2.00 bits per heavy atom. The molecule has 0 aromatic carbocycles. The van der Waals surface area contributed by atoms with Gasteiger partial charge >= 0.3 is 0 Å². The van der Waals surface area contributed by atoms with E-state index in [0.717, 1.165) is 0 Å². The molecule has 1 aliphatic rings. The van der Waals surface area contributed by atoms with Crippen molar-refractivity contribution in [2.75, 3.05) is 13.1 Å². The molecule has 1 N–H and O–H groups in total. The molecule has 0 radical (unpaired) electrons. The number of carbonyl (C=O) groups excluding carboxylic acids is 1. The van der Waals surface area contributed by atoms with Gasteiger partial charge in [-0.1, -0.05) is 0 Å². The number of H-pyrrole nitrogens is 1. The lowest BCUT2D eigenvalue weighted by molar-refractivity contribution is -0.0586. The normalized spacial score (nSPS) is 24.7. The maximum absolute atomic E-state index is 12.2. The predicted octanol–water partition coefficient (Wildman–Crippen LogP) is 0.624. The Hall–Kier alpha value is -1.62. The van der Waals surface area contributed by atoms with Crippen molar-refractivity contribution in [3.8, 4) is 0 Å². The van der Waals surface area contributed by atoms with Gasteiger partial charge in [-0.3, -0.25) is 9.59 Å². The molecular formula is C12H16N2O3.